The van der Waals surface area contributed by atoms with Crippen molar-refractivity contribution in [2.45, 2.75) is 19.4 Å². The first-order valence-corrected chi connectivity index (χ1v) is 12.1. The third kappa shape index (κ3) is 5.39. The molecule has 2 amide bonds. The molecule has 2 aromatic carbocycles. The summed E-state index contributed by atoms with van der Waals surface area (Å²) >= 11 is 0. The number of nitrogens with one attached hydrogen (secondary N) is 2. The fourth-order valence-electron chi connectivity index (χ4n) is 4.43. The molecule has 4 N–H and O–H groups in total. The second kappa shape index (κ2) is 10.6. The second-order valence-electron chi connectivity index (χ2n) is 8.98. The number of carbonyl (C=O) groups is 2. The summed E-state index contributed by atoms with van der Waals surface area (Å²) in [6.07, 6.45) is 2.46. The molecule has 0 spiro atoms. The average molecular weight is 509 g/mol. The molecule has 0 bridgehead atoms. The first kappa shape index (κ1) is 24.7. The van der Waals surface area contributed by atoms with Crippen LogP contribution in [-0.2, 0) is 31.2 Å². The van der Waals surface area contributed by atoms with E-state index in [1.807, 2.05) is 35.9 Å². The number of halogens is 1. The van der Waals surface area contributed by atoms with E-state index < -0.39 is 0 Å². The van der Waals surface area contributed by atoms with Gasteiger partial charge in [0.2, 0.25) is 11.9 Å². The summed E-state index contributed by atoms with van der Waals surface area (Å²) in [5.74, 6) is 5.74. The highest BCUT2D eigenvalue weighted by atomic mass is 19.1. The standard InChI is InChI=1S/C29H25FN6O2/c1-36-24-10-11-32-28(38)23(24)15-25(36)27-21(17-34-29(31)35-27)9-8-18-4-2-5-19(12-18)14-26(37)33-16-20-6-3-7-22(30)13-20/h2-7,12-13,15,17H,10-11,14,16H2,1H3,(H,32,38)(H,33,37)(H2,31,34,35). The Morgan fingerprint density at radius 1 is 1.16 bits per heavy atom. The Kier molecular flexibility index (Phi) is 6.87. The van der Waals surface area contributed by atoms with Crippen LogP contribution in [0, 0.1) is 17.7 Å². The predicted octanol–water partition coefficient (Wildman–Crippen LogP) is 2.75. The molecule has 3 heterocycles. The Bertz CT molecular complexity index is 1620. The second-order valence-corrected chi connectivity index (χ2v) is 8.98. The van der Waals surface area contributed by atoms with Gasteiger partial charge in [0.15, 0.2) is 0 Å². The quantitative estimate of drug-likeness (QED) is 0.359. The molecule has 0 saturated carbocycles. The van der Waals surface area contributed by atoms with Crippen LogP contribution in [0.5, 0.6) is 0 Å². The van der Waals surface area contributed by atoms with Crippen LogP contribution in [0.1, 0.15) is 38.3 Å². The molecule has 0 aliphatic carbocycles. The number of amides is 2. The Labute approximate surface area is 219 Å². The molecule has 4 aromatic rings. The zero-order valence-electron chi connectivity index (χ0n) is 20.7. The van der Waals surface area contributed by atoms with E-state index in [2.05, 4.69) is 32.4 Å². The van der Waals surface area contributed by atoms with Gasteiger partial charge in [0, 0.05) is 44.0 Å². The Balaban J connectivity index is 1.35. The number of rotatable bonds is 5. The summed E-state index contributed by atoms with van der Waals surface area (Å²) in [6.45, 7) is 0.834. The number of hydrogen-bond acceptors (Lipinski definition) is 5. The van der Waals surface area contributed by atoms with E-state index in [-0.39, 0.29) is 36.5 Å². The van der Waals surface area contributed by atoms with Crippen molar-refractivity contribution in [2.75, 3.05) is 12.3 Å². The minimum absolute atomic E-state index is 0.112. The summed E-state index contributed by atoms with van der Waals surface area (Å²) in [5, 5.41) is 5.67. The number of benzene rings is 2. The average Bonchev–Trinajstić information content (AvgIpc) is 3.24. The van der Waals surface area contributed by atoms with Crippen molar-refractivity contribution in [1.82, 2.24) is 25.2 Å². The minimum Gasteiger partial charge on any atom is -0.368 e. The van der Waals surface area contributed by atoms with Crippen molar-refractivity contribution in [3.05, 3.63) is 100 Å². The highest BCUT2D eigenvalue weighted by Gasteiger charge is 2.24. The maximum absolute atomic E-state index is 13.4. The largest absolute Gasteiger partial charge is 0.368 e. The normalized spacial score (nSPS) is 12.2. The molecule has 0 atom stereocenters. The van der Waals surface area contributed by atoms with Crippen molar-refractivity contribution in [3.63, 3.8) is 0 Å². The molecule has 38 heavy (non-hydrogen) atoms. The lowest BCUT2D eigenvalue weighted by molar-refractivity contribution is -0.120. The van der Waals surface area contributed by atoms with Gasteiger partial charge in [0.25, 0.3) is 5.91 Å². The lowest BCUT2D eigenvalue weighted by Gasteiger charge is -2.14. The van der Waals surface area contributed by atoms with Gasteiger partial charge in [-0.2, -0.15) is 0 Å². The summed E-state index contributed by atoms with van der Waals surface area (Å²) in [7, 11) is 1.89. The summed E-state index contributed by atoms with van der Waals surface area (Å²) in [6, 6.07) is 15.3. The third-order valence-electron chi connectivity index (χ3n) is 6.31. The highest BCUT2D eigenvalue weighted by molar-refractivity contribution is 5.98. The van der Waals surface area contributed by atoms with Crippen LogP contribution < -0.4 is 16.4 Å². The lowest BCUT2D eigenvalue weighted by atomic mass is 10.1. The molecule has 8 nitrogen and oxygen atoms in total. The highest BCUT2D eigenvalue weighted by Crippen LogP contribution is 2.28. The first-order chi connectivity index (χ1) is 18.4. The van der Waals surface area contributed by atoms with Crippen molar-refractivity contribution >= 4 is 17.8 Å². The van der Waals surface area contributed by atoms with E-state index in [9.17, 15) is 14.0 Å². The smallest absolute Gasteiger partial charge is 0.253 e. The van der Waals surface area contributed by atoms with E-state index in [0.29, 0.717) is 34.5 Å². The molecule has 0 radical (unpaired) electrons. The van der Waals surface area contributed by atoms with Gasteiger partial charge in [-0.05, 0) is 41.5 Å². The number of aromatic nitrogens is 3. The van der Waals surface area contributed by atoms with Crippen LogP contribution in [0.25, 0.3) is 11.4 Å². The van der Waals surface area contributed by atoms with Gasteiger partial charge in [0.05, 0.1) is 23.2 Å². The Hall–Kier alpha value is -4.97. The molecular formula is C29H25FN6O2. The lowest BCUT2D eigenvalue weighted by Crippen LogP contribution is -2.31. The van der Waals surface area contributed by atoms with Crippen molar-refractivity contribution < 1.29 is 14.0 Å². The Morgan fingerprint density at radius 2 is 1.97 bits per heavy atom. The number of nitrogens with two attached hydrogens (primary N) is 1. The fourth-order valence-corrected chi connectivity index (χ4v) is 4.43. The number of carbonyl (C=O) groups excluding carboxylic acids is 2. The van der Waals surface area contributed by atoms with Crippen LogP contribution in [0.15, 0.2) is 60.8 Å². The van der Waals surface area contributed by atoms with Gasteiger partial charge in [0.1, 0.15) is 11.5 Å². The van der Waals surface area contributed by atoms with E-state index in [4.69, 9.17) is 5.73 Å². The molecule has 0 saturated heterocycles. The molecule has 9 heteroatoms. The van der Waals surface area contributed by atoms with Gasteiger partial charge in [-0.15, -0.1) is 0 Å². The van der Waals surface area contributed by atoms with Gasteiger partial charge in [-0.1, -0.05) is 36.1 Å². The molecular weight excluding hydrogens is 483 g/mol. The monoisotopic (exact) mass is 508 g/mol. The molecule has 2 aromatic heterocycles. The van der Waals surface area contributed by atoms with Crippen molar-refractivity contribution in [2.24, 2.45) is 7.05 Å². The Morgan fingerprint density at radius 3 is 2.79 bits per heavy atom. The third-order valence-corrected chi connectivity index (χ3v) is 6.31. The van der Waals surface area contributed by atoms with Crippen LogP contribution in [0.2, 0.25) is 0 Å². The zero-order valence-corrected chi connectivity index (χ0v) is 20.7. The number of hydrogen-bond donors (Lipinski definition) is 3. The molecule has 0 fully saturated rings. The number of fused-ring (bicyclic) bond motifs is 1. The maximum atomic E-state index is 13.4. The maximum Gasteiger partial charge on any atom is 0.253 e. The van der Waals surface area contributed by atoms with E-state index in [0.717, 1.165) is 23.4 Å². The van der Waals surface area contributed by atoms with Crippen LogP contribution in [0.3, 0.4) is 0 Å². The molecule has 1 aliphatic rings. The summed E-state index contributed by atoms with van der Waals surface area (Å²) in [4.78, 5) is 33.3. The van der Waals surface area contributed by atoms with Gasteiger partial charge in [-0.3, -0.25) is 9.59 Å². The number of nitrogen functional groups attached to an aromatic ring is 1. The first-order valence-electron chi connectivity index (χ1n) is 12.1. The van der Waals surface area contributed by atoms with E-state index in [1.165, 1.54) is 12.1 Å². The predicted molar refractivity (Wildman–Crippen MR) is 141 cm³/mol. The molecule has 190 valence electrons. The molecule has 5 rings (SSSR count). The summed E-state index contributed by atoms with van der Waals surface area (Å²) < 4.78 is 15.3. The van der Waals surface area contributed by atoms with Gasteiger partial charge < -0.3 is 20.9 Å². The van der Waals surface area contributed by atoms with Gasteiger partial charge >= 0.3 is 0 Å². The SMILES string of the molecule is Cn1c(-c2nc(N)ncc2C#Cc2cccc(CC(=O)NCc3cccc(F)c3)c2)cc2c1CCNC2=O. The van der Waals surface area contributed by atoms with Crippen LogP contribution in [0.4, 0.5) is 10.3 Å². The van der Waals surface area contributed by atoms with Crippen molar-refractivity contribution in [1.29, 1.82) is 0 Å². The van der Waals surface area contributed by atoms with E-state index in [1.54, 1.807) is 24.4 Å². The molecule has 0 unspecified atom stereocenters. The number of nitrogens with zero attached hydrogens (tertiary/aromatic N) is 3. The fraction of sp³-hybridized carbons (Fsp3) is 0.172. The summed E-state index contributed by atoms with van der Waals surface area (Å²) in [5.41, 5.74) is 11.5. The molecule has 1 aliphatic heterocycles. The zero-order chi connectivity index (χ0) is 26.6. The van der Waals surface area contributed by atoms with Crippen LogP contribution >= 0.6 is 0 Å². The van der Waals surface area contributed by atoms with Gasteiger partial charge in [-0.25, -0.2) is 14.4 Å². The topological polar surface area (TPSA) is 115 Å². The van der Waals surface area contributed by atoms with Crippen LogP contribution in [-0.4, -0.2) is 32.9 Å². The van der Waals surface area contributed by atoms with Crippen molar-refractivity contribution in [3.8, 4) is 23.2 Å². The minimum atomic E-state index is -0.338. The van der Waals surface area contributed by atoms with E-state index >= 15 is 0 Å². The number of anilines is 1.